The molecule has 16 heavy (non-hydrogen) atoms. The van der Waals surface area contributed by atoms with E-state index < -0.39 is 0 Å². The summed E-state index contributed by atoms with van der Waals surface area (Å²) < 4.78 is 10.2. The van der Waals surface area contributed by atoms with Gasteiger partial charge in [0.15, 0.2) is 0 Å². The second-order valence-electron chi connectivity index (χ2n) is 4.45. The number of nitrogens with zero attached hydrogens (tertiary/aromatic N) is 1. The summed E-state index contributed by atoms with van der Waals surface area (Å²) >= 11 is 0. The van der Waals surface area contributed by atoms with Crippen molar-refractivity contribution in [2.24, 2.45) is 0 Å². The van der Waals surface area contributed by atoms with Crippen LogP contribution in [0.1, 0.15) is 26.2 Å². The van der Waals surface area contributed by atoms with Gasteiger partial charge in [-0.2, -0.15) is 0 Å². The molecule has 1 aliphatic rings. The van der Waals surface area contributed by atoms with Crippen LogP contribution in [0.2, 0.25) is 0 Å². The molecule has 0 spiro atoms. The molecule has 1 aliphatic carbocycles. The van der Waals surface area contributed by atoms with Gasteiger partial charge in [0.25, 0.3) is 0 Å². The summed E-state index contributed by atoms with van der Waals surface area (Å²) in [6, 6.07) is 0.716. The minimum absolute atomic E-state index is 0.371. The zero-order valence-electron chi connectivity index (χ0n) is 10.5. The molecule has 0 heterocycles. The molecule has 4 nitrogen and oxygen atoms in total. The number of aliphatic hydroxyl groups excluding tert-OH is 1. The second-order valence-corrected chi connectivity index (χ2v) is 4.45. The maximum atomic E-state index is 9.81. The molecule has 1 rings (SSSR count). The van der Waals surface area contributed by atoms with Crippen molar-refractivity contribution in [3.05, 3.63) is 0 Å². The smallest absolute Gasteiger partial charge is 0.0900 e. The van der Waals surface area contributed by atoms with Crippen LogP contribution in [0.25, 0.3) is 0 Å². The first kappa shape index (κ1) is 13.9. The van der Waals surface area contributed by atoms with Gasteiger partial charge in [-0.15, -0.1) is 0 Å². The quantitative estimate of drug-likeness (QED) is 0.567. The Labute approximate surface area is 98.5 Å². The Morgan fingerprint density at radius 1 is 1.38 bits per heavy atom. The Hall–Kier alpha value is -0.160. The Bertz CT molecular complexity index is 174. The summed E-state index contributed by atoms with van der Waals surface area (Å²) in [6.45, 7) is 5.57. The number of aliphatic hydroxyl groups is 1. The fraction of sp³-hybridized carbons (Fsp3) is 1.00. The second kappa shape index (κ2) is 8.01. The van der Waals surface area contributed by atoms with Gasteiger partial charge in [-0.25, -0.2) is 0 Å². The van der Waals surface area contributed by atoms with Gasteiger partial charge in [-0.3, -0.25) is 4.90 Å². The molecular weight excluding hydrogens is 206 g/mol. The van der Waals surface area contributed by atoms with Gasteiger partial charge in [-0.05, 0) is 25.8 Å². The maximum absolute atomic E-state index is 9.81. The van der Waals surface area contributed by atoms with Crippen molar-refractivity contribution in [1.82, 2.24) is 4.90 Å². The lowest BCUT2D eigenvalue weighted by atomic mass is 10.3. The first-order valence-electron chi connectivity index (χ1n) is 6.26. The van der Waals surface area contributed by atoms with Gasteiger partial charge >= 0.3 is 0 Å². The summed E-state index contributed by atoms with van der Waals surface area (Å²) in [5, 5.41) is 9.81. The zero-order valence-corrected chi connectivity index (χ0v) is 10.5. The van der Waals surface area contributed by atoms with Crippen molar-refractivity contribution in [3.63, 3.8) is 0 Å². The van der Waals surface area contributed by atoms with Crippen LogP contribution < -0.4 is 0 Å². The molecule has 1 unspecified atom stereocenters. The lowest BCUT2D eigenvalue weighted by molar-refractivity contribution is -0.00160. The molecule has 0 aliphatic heterocycles. The van der Waals surface area contributed by atoms with Crippen LogP contribution in [0, 0.1) is 0 Å². The van der Waals surface area contributed by atoms with Crippen molar-refractivity contribution >= 4 is 0 Å². The van der Waals surface area contributed by atoms with Crippen molar-refractivity contribution < 1.29 is 14.6 Å². The molecule has 0 aromatic rings. The number of hydrogen-bond donors (Lipinski definition) is 1. The maximum Gasteiger partial charge on any atom is 0.0900 e. The van der Waals surface area contributed by atoms with Crippen LogP contribution in [0.3, 0.4) is 0 Å². The monoisotopic (exact) mass is 231 g/mol. The SMILES string of the molecule is CCCN(CC(O)COCCOC)C1CC1. The highest BCUT2D eigenvalue weighted by atomic mass is 16.5. The molecule has 4 heteroatoms. The highest BCUT2D eigenvalue weighted by Crippen LogP contribution is 2.26. The topological polar surface area (TPSA) is 41.9 Å². The molecule has 0 aromatic carbocycles. The molecule has 1 atom stereocenters. The Balaban J connectivity index is 2.07. The standard InChI is InChI=1S/C12H25NO3/c1-3-6-13(11-4-5-11)9-12(14)10-16-8-7-15-2/h11-12,14H,3-10H2,1-2H3. The van der Waals surface area contributed by atoms with Gasteiger partial charge in [0.05, 0.1) is 25.9 Å². The number of rotatable bonds is 10. The van der Waals surface area contributed by atoms with E-state index >= 15 is 0 Å². The van der Waals surface area contributed by atoms with E-state index in [-0.39, 0.29) is 6.10 Å². The lowest BCUT2D eigenvalue weighted by Gasteiger charge is -2.24. The fourth-order valence-electron chi connectivity index (χ4n) is 1.83. The number of hydrogen-bond acceptors (Lipinski definition) is 4. The molecule has 0 radical (unpaired) electrons. The Kier molecular flexibility index (Phi) is 6.96. The number of ether oxygens (including phenoxy) is 2. The Morgan fingerprint density at radius 3 is 2.69 bits per heavy atom. The first-order valence-corrected chi connectivity index (χ1v) is 6.26. The molecule has 0 saturated heterocycles. The third-order valence-electron chi connectivity index (χ3n) is 2.76. The predicted octanol–water partition coefficient (Wildman–Crippen LogP) is 0.885. The van der Waals surface area contributed by atoms with Crippen molar-refractivity contribution in [2.75, 3.05) is 40.0 Å². The van der Waals surface area contributed by atoms with Gasteiger partial charge in [0.1, 0.15) is 0 Å². The molecule has 1 saturated carbocycles. The molecule has 0 bridgehead atoms. The largest absolute Gasteiger partial charge is 0.389 e. The minimum atomic E-state index is -0.371. The summed E-state index contributed by atoms with van der Waals surface area (Å²) in [7, 11) is 1.65. The van der Waals surface area contributed by atoms with Crippen LogP contribution in [-0.4, -0.2) is 62.2 Å². The molecule has 96 valence electrons. The van der Waals surface area contributed by atoms with Gasteiger partial charge < -0.3 is 14.6 Å². The minimum Gasteiger partial charge on any atom is -0.389 e. The van der Waals surface area contributed by atoms with Crippen LogP contribution in [0.15, 0.2) is 0 Å². The normalized spacial score (nSPS) is 18.0. The molecule has 1 N–H and O–H groups in total. The predicted molar refractivity (Wildman–Crippen MR) is 63.6 cm³/mol. The zero-order chi connectivity index (χ0) is 11.8. The molecule has 0 amide bonds. The van der Waals surface area contributed by atoms with Crippen LogP contribution in [0.4, 0.5) is 0 Å². The molecular formula is C12H25NO3. The average molecular weight is 231 g/mol. The summed E-state index contributed by atoms with van der Waals surface area (Å²) in [5.41, 5.74) is 0. The lowest BCUT2D eigenvalue weighted by Crippen LogP contribution is -2.37. The van der Waals surface area contributed by atoms with E-state index in [4.69, 9.17) is 9.47 Å². The fourth-order valence-corrected chi connectivity index (χ4v) is 1.83. The summed E-state index contributed by atoms with van der Waals surface area (Å²) in [6.07, 6.45) is 3.35. The summed E-state index contributed by atoms with van der Waals surface area (Å²) in [5.74, 6) is 0. The highest BCUT2D eigenvalue weighted by molar-refractivity contribution is 4.85. The third kappa shape index (κ3) is 5.80. The highest BCUT2D eigenvalue weighted by Gasteiger charge is 2.29. The van der Waals surface area contributed by atoms with E-state index in [1.54, 1.807) is 7.11 Å². The third-order valence-corrected chi connectivity index (χ3v) is 2.76. The van der Waals surface area contributed by atoms with Crippen molar-refractivity contribution in [1.29, 1.82) is 0 Å². The van der Waals surface area contributed by atoms with Crippen LogP contribution in [0.5, 0.6) is 0 Å². The van der Waals surface area contributed by atoms with E-state index in [1.165, 1.54) is 12.8 Å². The van der Waals surface area contributed by atoms with Crippen LogP contribution >= 0.6 is 0 Å². The van der Waals surface area contributed by atoms with Gasteiger partial charge in [0.2, 0.25) is 0 Å². The van der Waals surface area contributed by atoms with E-state index in [0.717, 1.165) is 19.5 Å². The van der Waals surface area contributed by atoms with Crippen LogP contribution in [-0.2, 0) is 9.47 Å². The number of methoxy groups -OCH3 is 1. The van der Waals surface area contributed by atoms with Crippen molar-refractivity contribution in [3.8, 4) is 0 Å². The van der Waals surface area contributed by atoms with Crippen molar-refractivity contribution in [2.45, 2.75) is 38.3 Å². The Morgan fingerprint density at radius 2 is 2.12 bits per heavy atom. The van der Waals surface area contributed by atoms with Gasteiger partial charge in [-0.1, -0.05) is 6.92 Å². The van der Waals surface area contributed by atoms with E-state index in [9.17, 15) is 5.11 Å². The van der Waals surface area contributed by atoms with Gasteiger partial charge in [0, 0.05) is 19.7 Å². The van der Waals surface area contributed by atoms with E-state index in [0.29, 0.717) is 25.9 Å². The van der Waals surface area contributed by atoms with E-state index in [2.05, 4.69) is 11.8 Å². The molecule has 1 fully saturated rings. The average Bonchev–Trinajstić information content (AvgIpc) is 3.07. The summed E-state index contributed by atoms with van der Waals surface area (Å²) in [4.78, 5) is 2.38. The first-order chi connectivity index (χ1) is 7.77. The van der Waals surface area contributed by atoms with E-state index in [1.807, 2.05) is 0 Å². The molecule has 0 aromatic heterocycles.